The summed E-state index contributed by atoms with van der Waals surface area (Å²) in [6.45, 7) is 2.46. The molecule has 0 bridgehead atoms. The first-order chi connectivity index (χ1) is 7.16. The quantitative estimate of drug-likeness (QED) is 0.894. The third-order valence-electron chi connectivity index (χ3n) is 1.95. The number of aryl methyl sites for hydroxylation is 1. The largest absolute Gasteiger partial charge is 0.353 e. The van der Waals surface area contributed by atoms with E-state index in [-0.39, 0.29) is 0 Å². The lowest BCUT2D eigenvalue weighted by Crippen LogP contribution is -2.05. The van der Waals surface area contributed by atoms with Gasteiger partial charge in [-0.25, -0.2) is 9.97 Å². The summed E-state index contributed by atoms with van der Waals surface area (Å²) in [6.07, 6.45) is 1.63. The summed E-state index contributed by atoms with van der Waals surface area (Å²) in [7, 11) is 1.87. The smallest absolute Gasteiger partial charge is 0.202 e. The maximum Gasteiger partial charge on any atom is 0.202 e. The lowest BCUT2D eigenvalue weighted by Gasteiger charge is -2.02. The van der Waals surface area contributed by atoms with Gasteiger partial charge in [0.25, 0.3) is 0 Å². The second-order valence-electron chi connectivity index (χ2n) is 3.06. The number of rotatable bonds is 3. The van der Waals surface area contributed by atoms with E-state index in [9.17, 15) is 0 Å². The van der Waals surface area contributed by atoms with Crippen molar-refractivity contribution >= 4 is 28.3 Å². The molecule has 7 heteroatoms. The van der Waals surface area contributed by atoms with Gasteiger partial charge in [0, 0.05) is 18.6 Å². The fourth-order valence-corrected chi connectivity index (χ4v) is 1.83. The first-order valence-corrected chi connectivity index (χ1v) is 5.52. The van der Waals surface area contributed by atoms with E-state index in [1.807, 2.05) is 18.5 Å². The summed E-state index contributed by atoms with van der Waals surface area (Å²) in [5, 5.41) is 4.56. The fourth-order valence-electron chi connectivity index (χ4n) is 1.11. The van der Waals surface area contributed by atoms with Crippen LogP contribution in [0.2, 0.25) is 5.15 Å². The molecule has 1 N–H and O–H groups in total. The van der Waals surface area contributed by atoms with E-state index < -0.39 is 0 Å². The van der Waals surface area contributed by atoms with Gasteiger partial charge in [-0.3, -0.25) is 0 Å². The molecular weight excluding hydrogens is 234 g/mol. The van der Waals surface area contributed by atoms with E-state index in [2.05, 4.69) is 19.7 Å². The molecule has 0 aromatic carbocycles. The van der Waals surface area contributed by atoms with Crippen LogP contribution in [-0.2, 0) is 13.6 Å². The van der Waals surface area contributed by atoms with Gasteiger partial charge < -0.3 is 9.88 Å². The van der Waals surface area contributed by atoms with Crippen molar-refractivity contribution in [1.82, 2.24) is 18.9 Å². The van der Waals surface area contributed by atoms with Crippen molar-refractivity contribution in [1.29, 1.82) is 0 Å². The van der Waals surface area contributed by atoms with Crippen molar-refractivity contribution in [2.24, 2.45) is 7.05 Å². The maximum absolute atomic E-state index is 5.86. The molecule has 0 amide bonds. The van der Waals surface area contributed by atoms with Gasteiger partial charge in [-0.05, 0) is 6.92 Å². The van der Waals surface area contributed by atoms with Gasteiger partial charge in [-0.2, -0.15) is 4.37 Å². The molecule has 2 rings (SSSR count). The molecule has 0 atom stereocenters. The third-order valence-corrected chi connectivity index (χ3v) is 3.07. The Kier molecular flexibility index (Phi) is 2.88. The second kappa shape index (κ2) is 4.16. The Morgan fingerprint density at radius 2 is 2.40 bits per heavy atom. The Morgan fingerprint density at radius 3 is 2.93 bits per heavy atom. The third kappa shape index (κ3) is 2.27. The number of imidazole rings is 1. The van der Waals surface area contributed by atoms with Crippen LogP contribution in [0.25, 0.3) is 0 Å². The summed E-state index contributed by atoms with van der Waals surface area (Å²) in [5.41, 5.74) is 0. The van der Waals surface area contributed by atoms with Crippen LogP contribution in [0.3, 0.4) is 0 Å². The highest BCUT2D eigenvalue weighted by atomic mass is 35.5. The highest BCUT2D eigenvalue weighted by Crippen LogP contribution is 2.13. The molecule has 0 aliphatic heterocycles. The first kappa shape index (κ1) is 10.4. The van der Waals surface area contributed by atoms with E-state index in [1.54, 1.807) is 6.20 Å². The summed E-state index contributed by atoms with van der Waals surface area (Å²) in [6, 6.07) is 0. The van der Waals surface area contributed by atoms with Crippen LogP contribution in [0, 0.1) is 6.92 Å². The Labute approximate surface area is 96.3 Å². The molecule has 0 saturated heterocycles. The summed E-state index contributed by atoms with van der Waals surface area (Å²) in [5.74, 6) is 1.65. The molecule has 0 saturated carbocycles. The molecule has 0 fully saturated rings. The molecule has 80 valence electrons. The van der Waals surface area contributed by atoms with Gasteiger partial charge in [-0.1, -0.05) is 11.6 Å². The first-order valence-electron chi connectivity index (χ1n) is 4.37. The Balaban J connectivity index is 2.02. The predicted molar refractivity (Wildman–Crippen MR) is 60.2 cm³/mol. The van der Waals surface area contributed by atoms with Crippen molar-refractivity contribution in [2.75, 3.05) is 5.32 Å². The highest BCUT2D eigenvalue weighted by Gasteiger charge is 2.05. The van der Waals surface area contributed by atoms with E-state index in [4.69, 9.17) is 11.6 Å². The molecule has 2 aromatic rings. The SMILES string of the molecule is Cc1nsc(NCc2ncc(Cl)n2C)n1. The minimum atomic E-state index is 0.595. The minimum Gasteiger partial charge on any atom is -0.353 e. The number of hydrogen-bond acceptors (Lipinski definition) is 5. The van der Waals surface area contributed by atoms with Crippen LogP contribution < -0.4 is 5.32 Å². The van der Waals surface area contributed by atoms with Gasteiger partial charge >= 0.3 is 0 Å². The molecule has 0 radical (unpaired) electrons. The monoisotopic (exact) mass is 243 g/mol. The Hall–Kier alpha value is -1.14. The molecule has 0 aliphatic carbocycles. The number of nitrogens with one attached hydrogen (secondary N) is 1. The summed E-state index contributed by atoms with van der Waals surface area (Å²) < 4.78 is 5.89. The van der Waals surface area contributed by atoms with Crippen molar-refractivity contribution in [3.63, 3.8) is 0 Å². The van der Waals surface area contributed by atoms with Crippen LogP contribution in [0.15, 0.2) is 6.20 Å². The predicted octanol–water partition coefficient (Wildman–Crippen LogP) is 1.85. The van der Waals surface area contributed by atoms with Crippen LogP contribution in [0.4, 0.5) is 5.13 Å². The molecule has 2 aromatic heterocycles. The van der Waals surface area contributed by atoms with Crippen LogP contribution >= 0.6 is 23.1 Å². The van der Waals surface area contributed by atoms with E-state index >= 15 is 0 Å². The van der Waals surface area contributed by atoms with Gasteiger partial charge in [0.05, 0.1) is 12.7 Å². The van der Waals surface area contributed by atoms with Crippen LogP contribution in [-0.4, -0.2) is 18.9 Å². The van der Waals surface area contributed by atoms with Crippen molar-refractivity contribution in [2.45, 2.75) is 13.5 Å². The zero-order valence-corrected chi connectivity index (χ0v) is 9.93. The average Bonchev–Trinajstić information content (AvgIpc) is 2.74. The molecule has 0 unspecified atom stereocenters. The van der Waals surface area contributed by atoms with Crippen molar-refractivity contribution in [3.05, 3.63) is 23.0 Å². The second-order valence-corrected chi connectivity index (χ2v) is 4.20. The zero-order valence-electron chi connectivity index (χ0n) is 8.36. The molecule has 2 heterocycles. The summed E-state index contributed by atoms with van der Waals surface area (Å²) in [4.78, 5) is 8.35. The Morgan fingerprint density at radius 1 is 1.60 bits per heavy atom. The number of aromatic nitrogens is 4. The van der Waals surface area contributed by atoms with Crippen LogP contribution in [0.5, 0.6) is 0 Å². The number of nitrogens with zero attached hydrogens (tertiary/aromatic N) is 4. The average molecular weight is 244 g/mol. The van der Waals surface area contributed by atoms with E-state index in [1.165, 1.54) is 11.5 Å². The standard InChI is InChI=1S/C8H10ClN5S/c1-5-12-8(15-13-5)11-4-7-10-3-6(9)14(7)2/h3H,4H2,1-2H3,(H,11,12,13). The molecule has 0 aliphatic rings. The van der Waals surface area contributed by atoms with Gasteiger partial charge in [0.15, 0.2) is 0 Å². The van der Waals surface area contributed by atoms with Crippen LogP contribution in [0.1, 0.15) is 11.6 Å². The van der Waals surface area contributed by atoms with E-state index in [0.29, 0.717) is 11.7 Å². The minimum absolute atomic E-state index is 0.595. The van der Waals surface area contributed by atoms with Crippen molar-refractivity contribution in [3.8, 4) is 0 Å². The topological polar surface area (TPSA) is 55.6 Å². The fraction of sp³-hybridized carbons (Fsp3) is 0.375. The lowest BCUT2D eigenvalue weighted by molar-refractivity contribution is 0.812. The number of halogens is 1. The zero-order chi connectivity index (χ0) is 10.8. The van der Waals surface area contributed by atoms with Gasteiger partial charge in [-0.15, -0.1) is 0 Å². The molecule has 0 spiro atoms. The number of anilines is 1. The normalized spacial score (nSPS) is 10.6. The molecule has 5 nitrogen and oxygen atoms in total. The maximum atomic E-state index is 5.86. The van der Waals surface area contributed by atoms with E-state index in [0.717, 1.165) is 16.8 Å². The van der Waals surface area contributed by atoms with Crippen molar-refractivity contribution < 1.29 is 0 Å². The Bertz CT molecular complexity index is 463. The summed E-state index contributed by atoms with van der Waals surface area (Å²) >= 11 is 7.20. The van der Waals surface area contributed by atoms with Gasteiger partial charge in [0.1, 0.15) is 16.8 Å². The molecular formula is C8H10ClN5S. The highest BCUT2D eigenvalue weighted by molar-refractivity contribution is 7.09. The lowest BCUT2D eigenvalue weighted by atomic mass is 10.6. The van der Waals surface area contributed by atoms with Gasteiger partial charge in [0.2, 0.25) is 5.13 Å². The molecule has 15 heavy (non-hydrogen) atoms. The number of hydrogen-bond donors (Lipinski definition) is 1.